The van der Waals surface area contributed by atoms with E-state index in [0.717, 1.165) is 25.7 Å². The summed E-state index contributed by atoms with van der Waals surface area (Å²) >= 11 is 0. The zero-order valence-corrected chi connectivity index (χ0v) is 19.3. The summed E-state index contributed by atoms with van der Waals surface area (Å²) in [7, 11) is 0. The Labute approximate surface area is 180 Å². The maximum Gasteiger partial charge on any atom is 0.332 e. The van der Waals surface area contributed by atoms with Crippen molar-refractivity contribution in [1.29, 1.82) is 0 Å². The predicted molar refractivity (Wildman–Crippen MR) is 112 cm³/mol. The number of ether oxygens (including phenoxy) is 3. The molecule has 2 N–H and O–H groups in total. The molecule has 0 aliphatic heterocycles. The minimum atomic E-state index is -1.80. The molecule has 4 unspecified atom stereocenters. The Morgan fingerprint density at radius 2 is 1.67 bits per heavy atom. The van der Waals surface area contributed by atoms with Gasteiger partial charge in [0.25, 0.3) is 0 Å². The second-order valence-corrected chi connectivity index (χ2v) is 8.05. The van der Waals surface area contributed by atoms with Gasteiger partial charge in [0.15, 0.2) is 12.2 Å². The van der Waals surface area contributed by atoms with E-state index in [4.69, 9.17) is 19.3 Å². The smallest absolute Gasteiger partial charge is 0.332 e. The van der Waals surface area contributed by atoms with Crippen LogP contribution < -0.4 is 0 Å². The molecule has 4 atom stereocenters. The minimum absolute atomic E-state index is 0.0441. The van der Waals surface area contributed by atoms with Crippen molar-refractivity contribution in [2.45, 2.75) is 92.3 Å². The second kappa shape index (κ2) is 14.4. The van der Waals surface area contributed by atoms with Crippen LogP contribution in [-0.2, 0) is 28.6 Å². The highest BCUT2D eigenvalue weighted by atomic mass is 16.7. The van der Waals surface area contributed by atoms with Gasteiger partial charge in [-0.25, -0.2) is 4.79 Å². The average molecular weight is 433 g/mol. The lowest BCUT2D eigenvalue weighted by Gasteiger charge is -2.35. The highest BCUT2D eigenvalue weighted by molar-refractivity contribution is 5.99. The van der Waals surface area contributed by atoms with Gasteiger partial charge in [-0.15, -0.1) is 0 Å². The monoisotopic (exact) mass is 432 g/mol. The largest absolute Gasteiger partial charge is 0.480 e. The van der Waals surface area contributed by atoms with Crippen molar-refractivity contribution in [3.05, 3.63) is 0 Å². The van der Waals surface area contributed by atoms with Crippen LogP contribution in [-0.4, -0.2) is 53.7 Å². The fourth-order valence-electron chi connectivity index (χ4n) is 3.52. The van der Waals surface area contributed by atoms with Crippen LogP contribution in [0.4, 0.5) is 0 Å². The quantitative estimate of drug-likeness (QED) is 0.216. The molecule has 0 amide bonds. The molecule has 0 aliphatic rings. The van der Waals surface area contributed by atoms with E-state index in [9.17, 15) is 19.5 Å². The number of aliphatic hydroxyl groups excluding tert-OH is 1. The molecule has 8 nitrogen and oxygen atoms in total. The molecule has 0 aromatic rings. The van der Waals surface area contributed by atoms with Gasteiger partial charge in [0.05, 0.1) is 6.10 Å². The SMILES string of the molecule is CCCCC(CC)OCOC(=O)C(CC(CC)C(C)OC(=O)CO)(C(=O)O)C(C)C. The average Bonchev–Trinajstić information content (AvgIpc) is 2.70. The van der Waals surface area contributed by atoms with Gasteiger partial charge in [0.1, 0.15) is 12.7 Å². The van der Waals surface area contributed by atoms with Crippen LogP contribution in [0.5, 0.6) is 0 Å². The van der Waals surface area contributed by atoms with Gasteiger partial charge >= 0.3 is 17.9 Å². The molecule has 0 rings (SSSR count). The predicted octanol–water partition coefficient (Wildman–Crippen LogP) is 3.54. The number of aliphatic hydroxyl groups is 1. The van der Waals surface area contributed by atoms with Gasteiger partial charge in [-0.3, -0.25) is 9.59 Å². The van der Waals surface area contributed by atoms with Gasteiger partial charge in [0.2, 0.25) is 0 Å². The summed E-state index contributed by atoms with van der Waals surface area (Å²) in [5.74, 6) is -3.88. The van der Waals surface area contributed by atoms with E-state index in [1.54, 1.807) is 20.8 Å². The molecule has 0 heterocycles. The first kappa shape index (κ1) is 28.3. The summed E-state index contributed by atoms with van der Waals surface area (Å²) in [5.41, 5.74) is -1.80. The molecular weight excluding hydrogens is 392 g/mol. The standard InChI is InChI=1S/C22H40O8/c1-7-10-11-18(9-3)28-14-29-21(27)22(15(4)5,20(25)26)12-17(8-2)16(6)30-19(24)13-23/h15-18,23H,7-14H2,1-6H3,(H,25,26). The number of carboxylic acids is 1. The lowest BCUT2D eigenvalue weighted by molar-refractivity contribution is -0.187. The zero-order valence-electron chi connectivity index (χ0n) is 19.3. The van der Waals surface area contributed by atoms with Gasteiger partial charge in [-0.05, 0) is 44.4 Å². The van der Waals surface area contributed by atoms with Crippen molar-refractivity contribution in [2.24, 2.45) is 17.3 Å². The summed E-state index contributed by atoms with van der Waals surface area (Å²) < 4.78 is 16.1. The summed E-state index contributed by atoms with van der Waals surface area (Å²) in [6, 6.07) is 0. The van der Waals surface area contributed by atoms with Crippen LogP contribution in [0.3, 0.4) is 0 Å². The molecule has 0 spiro atoms. The van der Waals surface area contributed by atoms with Crippen LogP contribution >= 0.6 is 0 Å². The molecule has 0 fully saturated rings. The Balaban J connectivity index is 5.38. The van der Waals surface area contributed by atoms with E-state index >= 15 is 0 Å². The van der Waals surface area contributed by atoms with Crippen molar-refractivity contribution >= 4 is 17.9 Å². The van der Waals surface area contributed by atoms with Gasteiger partial charge in [-0.2, -0.15) is 0 Å². The van der Waals surface area contributed by atoms with Crippen LogP contribution in [0.15, 0.2) is 0 Å². The van der Waals surface area contributed by atoms with Gasteiger partial charge in [0, 0.05) is 0 Å². The molecule has 0 bridgehead atoms. The topological polar surface area (TPSA) is 119 Å². The lowest BCUT2D eigenvalue weighted by Crippen LogP contribution is -2.48. The summed E-state index contributed by atoms with van der Waals surface area (Å²) in [6.07, 6.45) is 3.39. The Bertz CT molecular complexity index is 533. The van der Waals surface area contributed by atoms with Crippen molar-refractivity contribution < 1.29 is 38.8 Å². The first-order valence-electron chi connectivity index (χ1n) is 10.9. The molecule has 0 saturated heterocycles. The van der Waals surface area contributed by atoms with E-state index in [2.05, 4.69) is 6.92 Å². The van der Waals surface area contributed by atoms with Crippen molar-refractivity contribution in [3.63, 3.8) is 0 Å². The van der Waals surface area contributed by atoms with Gasteiger partial charge < -0.3 is 24.4 Å². The Morgan fingerprint density at radius 1 is 1.03 bits per heavy atom. The number of esters is 2. The summed E-state index contributed by atoms with van der Waals surface area (Å²) in [5, 5.41) is 18.9. The van der Waals surface area contributed by atoms with Crippen molar-refractivity contribution in [2.75, 3.05) is 13.4 Å². The van der Waals surface area contributed by atoms with Crippen LogP contribution in [0.25, 0.3) is 0 Å². The molecule has 176 valence electrons. The van der Waals surface area contributed by atoms with Gasteiger partial charge in [-0.1, -0.05) is 47.5 Å². The second-order valence-electron chi connectivity index (χ2n) is 8.05. The third-order valence-corrected chi connectivity index (χ3v) is 5.78. The maximum atomic E-state index is 13.0. The molecule has 0 aromatic carbocycles. The number of carboxylic acid groups (broad SMARTS) is 1. The Kier molecular flexibility index (Phi) is 13.6. The Hall–Kier alpha value is -1.67. The maximum absolute atomic E-state index is 13.0. The first-order chi connectivity index (χ1) is 14.1. The van der Waals surface area contributed by atoms with Crippen LogP contribution in [0, 0.1) is 17.3 Å². The Morgan fingerprint density at radius 3 is 2.10 bits per heavy atom. The summed E-state index contributed by atoms with van der Waals surface area (Å²) in [4.78, 5) is 36.6. The molecule has 0 radical (unpaired) electrons. The molecule has 8 heteroatoms. The number of hydrogen-bond acceptors (Lipinski definition) is 7. The number of aliphatic carboxylic acids is 1. The third kappa shape index (κ3) is 8.22. The molecule has 0 aliphatic carbocycles. The van der Waals surface area contributed by atoms with Crippen LogP contribution in [0.1, 0.15) is 80.1 Å². The summed E-state index contributed by atoms with van der Waals surface area (Å²) in [6.45, 7) is 9.78. The number of carbonyl (C=O) groups is 3. The fraction of sp³-hybridized carbons (Fsp3) is 0.864. The molecular formula is C22H40O8. The van der Waals surface area contributed by atoms with Crippen molar-refractivity contribution in [1.82, 2.24) is 0 Å². The van der Waals surface area contributed by atoms with E-state index < -0.39 is 47.9 Å². The van der Waals surface area contributed by atoms with Crippen molar-refractivity contribution in [3.8, 4) is 0 Å². The first-order valence-corrected chi connectivity index (χ1v) is 10.9. The van der Waals surface area contributed by atoms with E-state index in [-0.39, 0.29) is 19.3 Å². The van der Waals surface area contributed by atoms with Crippen LogP contribution in [0.2, 0.25) is 0 Å². The number of unbranched alkanes of at least 4 members (excludes halogenated alkanes) is 1. The molecule has 0 aromatic heterocycles. The molecule has 30 heavy (non-hydrogen) atoms. The van der Waals surface area contributed by atoms with E-state index in [0.29, 0.717) is 6.42 Å². The minimum Gasteiger partial charge on any atom is -0.480 e. The fourth-order valence-corrected chi connectivity index (χ4v) is 3.52. The van der Waals surface area contributed by atoms with E-state index in [1.807, 2.05) is 13.8 Å². The number of hydrogen-bond donors (Lipinski definition) is 2. The third-order valence-electron chi connectivity index (χ3n) is 5.78. The number of rotatable bonds is 16. The van der Waals surface area contributed by atoms with E-state index in [1.165, 1.54) is 0 Å². The molecule has 0 saturated carbocycles. The normalized spacial score (nSPS) is 16.4. The highest BCUT2D eigenvalue weighted by Crippen LogP contribution is 2.39. The lowest BCUT2D eigenvalue weighted by atomic mass is 9.69. The highest BCUT2D eigenvalue weighted by Gasteiger charge is 2.52. The zero-order chi connectivity index (χ0) is 23.3. The number of carbonyl (C=O) groups excluding carboxylic acids is 2.